The van der Waals surface area contributed by atoms with E-state index in [1.807, 2.05) is 0 Å². The number of nitro benzene ring substituents is 1. The number of benzene rings is 2. The fraction of sp³-hybridized carbons (Fsp3) is 0.200. The van der Waals surface area contributed by atoms with Crippen LogP contribution in [0.3, 0.4) is 0 Å². The van der Waals surface area contributed by atoms with Crippen LogP contribution in [-0.4, -0.2) is 16.6 Å². The molecule has 122 valence electrons. The van der Waals surface area contributed by atoms with Crippen LogP contribution in [0, 0.1) is 10.1 Å². The predicted molar refractivity (Wildman–Crippen MR) is 78.6 cm³/mol. The van der Waals surface area contributed by atoms with Crippen molar-refractivity contribution in [2.45, 2.75) is 12.6 Å². The highest BCUT2D eigenvalue weighted by Crippen LogP contribution is 2.36. The molecule has 0 radical (unpaired) electrons. The van der Waals surface area contributed by atoms with Crippen LogP contribution in [-0.2, 0) is 12.6 Å². The maximum absolute atomic E-state index is 12.6. The molecule has 0 amide bonds. The van der Waals surface area contributed by atoms with Crippen molar-refractivity contribution in [2.75, 3.05) is 11.9 Å². The van der Waals surface area contributed by atoms with E-state index in [4.69, 9.17) is 5.11 Å². The highest BCUT2D eigenvalue weighted by atomic mass is 19.4. The number of rotatable bonds is 5. The van der Waals surface area contributed by atoms with Gasteiger partial charge in [-0.25, -0.2) is 0 Å². The molecule has 0 atom stereocenters. The molecule has 2 N–H and O–H groups in total. The minimum absolute atomic E-state index is 0.00283. The molecule has 23 heavy (non-hydrogen) atoms. The van der Waals surface area contributed by atoms with Gasteiger partial charge in [0.15, 0.2) is 0 Å². The van der Waals surface area contributed by atoms with Crippen molar-refractivity contribution in [1.29, 1.82) is 0 Å². The zero-order valence-corrected chi connectivity index (χ0v) is 11.8. The van der Waals surface area contributed by atoms with Gasteiger partial charge in [-0.3, -0.25) is 10.1 Å². The minimum atomic E-state index is -4.64. The fourth-order valence-electron chi connectivity index (χ4n) is 2.00. The Morgan fingerprint density at radius 2 is 1.78 bits per heavy atom. The highest BCUT2D eigenvalue weighted by molar-refractivity contribution is 5.70. The first-order valence-electron chi connectivity index (χ1n) is 6.63. The Kier molecular flexibility index (Phi) is 4.85. The SMILES string of the molecule is O=[N+]([O-])c1cc(C(F)(F)F)ccc1Nc1ccc(CCO)cc1. The monoisotopic (exact) mass is 326 g/mol. The van der Waals surface area contributed by atoms with E-state index in [0.29, 0.717) is 18.2 Å². The van der Waals surface area contributed by atoms with E-state index in [1.54, 1.807) is 24.3 Å². The molecule has 0 aliphatic heterocycles. The molecule has 0 fully saturated rings. The molecule has 0 aromatic heterocycles. The van der Waals surface area contributed by atoms with Crippen LogP contribution in [0.4, 0.5) is 30.2 Å². The lowest BCUT2D eigenvalue weighted by Crippen LogP contribution is -2.06. The normalized spacial score (nSPS) is 11.3. The average molecular weight is 326 g/mol. The molecule has 0 saturated heterocycles. The largest absolute Gasteiger partial charge is 0.416 e. The summed E-state index contributed by atoms with van der Waals surface area (Å²) in [6.45, 7) is -0.00283. The molecule has 2 aromatic rings. The third-order valence-electron chi connectivity index (χ3n) is 3.16. The van der Waals surface area contributed by atoms with Crippen LogP contribution in [0.5, 0.6) is 0 Å². The summed E-state index contributed by atoms with van der Waals surface area (Å²) in [6, 6.07) is 9.02. The van der Waals surface area contributed by atoms with Crippen molar-refractivity contribution >= 4 is 17.1 Å². The number of aliphatic hydroxyl groups is 1. The first-order valence-corrected chi connectivity index (χ1v) is 6.63. The molecule has 8 heteroatoms. The van der Waals surface area contributed by atoms with Crippen LogP contribution in [0.15, 0.2) is 42.5 Å². The van der Waals surface area contributed by atoms with Crippen molar-refractivity contribution in [3.8, 4) is 0 Å². The summed E-state index contributed by atoms with van der Waals surface area (Å²) >= 11 is 0. The number of hydrogen-bond acceptors (Lipinski definition) is 4. The van der Waals surface area contributed by atoms with E-state index in [2.05, 4.69) is 5.32 Å². The van der Waals surface area contributed by atoms with Crippen LogP contribution < -0.4 is 5.32 Å². The van der Waals surface area contributed by atoms with Crippen molar-refractivity contribution in [1.82, 2.24) is 0 Å². The summed E-state index contributed by atoms with van der Waals surface area (Å²) < 4.78 is 37.9. The van der Waals surface area contributed by atoms with Gasteiger partial charge in [0, 0.05) is 18.4 Å². The molecule has 0 saturated carbocycles. The summed E-state index contributed by atoms with van der Waals surface area (Å²) in [4.78, 5) is 10.1. The van der Waals surface area contributed by atoms with Gasteiger partial charge in [0.05, 0.1) is 10.5 Å². The van der Waals surface area contributed by atoms with E-state index in [9.17, 15) is 23.3 Å². The Morgan fingerprint density at radius 1 is 1.13 bits per heavy atom. The van der Waals surface area contributed by atoms with Crippen molar-refractivity contribution in [3.05, 3.63) is 63.7 Å². The number of nitrogens with one attached hydrogen (secondary N) is 1. The predicted octanol–water partition coefficient (Wildman–Crippen LogP) is 3.89. The molecule has 5 nitrogen and oxygen atoms in total. The van der Waals surface area contributed by atoms with E-state index >= 15 is 0 Å². The lowest BCUT2D eigenvalue weighted by molar-refractivity contribution is -0.384. The zero-order chi connectivity index (χ0) is 17.0. The maximum Gasteiger partial charge on any atom is 0.416 e. The quantitative estimate of drug-likeness (QED) is 0.645. The highest BCUT2D eigenvalue weighted by Gasteiger charge is 2.33. The van der Waals surface area contributed by atoms with Crippen LogP contribution in [0.1, 0.15) is 11.1 Å². The lowest BCUT2D eigenvalue weighted by atomic mass is 10.1. The molecule has 0 bridgehead atoms. The van der Waals surface area contributed by atoms with Gasteiger partial charge in [-0.2, -0.15) is 13.2 Å². The second-order valence-electron chi connectivity index (χ2n) is 4.78. The van der Waals surface area contributed by atoms with E-state index < -0.39 is 22.4 Å². The number of halogens is 3. The van der Waals surface area contributed by atoms with E-state index in [0.717, 1.165) is 17.7 Å². The molecule has 0 unspecified atom stereocenters. The summed E-state index contributed by atoms with van der Waals surface area (Å²) in [5.41, 5.74) is -0.389. The van der Waals surface area contributed by atoms with Crippen molar-refractivity contribution in [2.24, 2.45) is 0 Å². The minimum Gasteiger partial charge on any atom is -0.396 e. The molecule has 2 rings (SSSR count). The number of nitro groups is 1. The average Bonchev–Trinajstić information content (AvgIpc) is 2.48. The molecule has 0 aliphatic rings. The molecule has 0 spiro atoms. The first-order chi connectivity index (χ1) is 10.8. The van der Waals surface area contributed by atoms with Crippen molar-refractivity contribution in [3.63, 3.8) is 0 Å². The standard InChI is InChI=1S/C15H13F3N2O3/c16-15(17,18)11-3-6-13(14(9-11)20(22)23)19-12-4-1-10(2-5-12)7-8-21/h1-6,9,19,21H,7-8H2. The number of anilines is 2. The van der Waals surface area contributed by atoms with Crippen LogP contribution >= 0.6 is 0 Å². The Hall–Kier alpha value is -2.61. The third-order valence-corrected chi connectivity index (χ3v) is 3.16. The van der Waals surface area contributed by atoms with Gasteiger partial charge < -0.3 is 10.4 Å². The van der Waals surface area contributed by atoms with Crippen LogP contribution in [0.2, 0.25) is 0 Å². The second-order valence-corrected chi connectivity index (χ2v) is 4.78. The van der Waals surface area contributed by atoms with Gasteiger partial charge >= 0.3 is 6.18 Å². The maximum atomic E-state index is 12.6. The van der Waals surface area contributed by atoms with Gasteiger partial charge in [-0.15, -0.1) is 0 Å². The zero-order valence-electron chi connectivity index (χ0n) is 11.8. The number of alkyl halides is 3. The van der Waals surface area contributed by atoms with E-state index in [1.165, 1.54) is 0 Å². The summed E-state index contributed by atoms with van der Waals surface area (Å²) in [5, 5.41) is 22.6. The molecule has 2 aromatic carbocycles. The summed E-state index contributed by atoms with van der Waals surface area (Å²) in [7, 11) is 0. The molecular weight excluding hydrogens is 313 g/mol. The third kappa shape index (κ3) is 4.19. The lowest BCUT2D eigenvalue weighted by Gasteiger charge is -2.11. The Balaban J connectivity index is 2.30. The van der Waals surface area contributed by atoms with Gasteiger partial charge in [0.25, 0.3) is 5.69 Å². The smallest absolute Gasteiger partial charge is 0.396 e. The Labute approximate surface area is 129 Å². The fourth-order valence-corrected chi connectivity index (χ4v) is 2.00. The van der Waals surface area contributed by atoms with Gasteiger partial charge in [0.2, 0.25) is 0 Å². The van der Waals surface area contributed by atoms with Crippen molar-refractivity contribution < 1.29 is 23.2 Å². The second kappa shape index (κ2) is 6.66. The van der Waals surface area contributed by atoms with E-state index in [-0.39, 0.29) is 12.3 Å². The first kappa shape index (κ1) is 16.8. The summed E-state index contributed by atoms with van der Waals surface area (Å²) in [5.74, 6) is 0. The Morgan fingerprint density at radius 3 is 2.30 bits per heavy atom. The van der Waals surface area contributed by atoms with Gasteiger partial charge in [-0.05, 0) is 36.2 Å². The van der Waals surface area contributed by atoms with Gasteiger partial charge in [-0.1, -0.05) is 12.1 Å². The van der Waals surface area contributed by atoms with Gasteiger partial charge in [0.1, 0.15) is 5.69 Å². The topological polar surface area (TPSA) is 75.4 Å². The number of nitrogens with zero attached hydrogens (tertiary/aromatic N) is 1. The number of aliphatic hydroxyl groups excluding tert-OH is 1. The number of hydrogen-bond donors (Lipinski definition) is 2. The molecule has 0 aliphatic carbocycles. The summed E-state index contributed by atoms with van der Waals surface area (Å²) in [6.07, 6.45) is -4.17. The molecular formula is C15H13F3N2O3. The Bertz CT molecular complexity index is 700. The molecule has 0 heterocycles. The van der Waals surface area contributed by atoms with Crippen LogP contribution in [0.25, 0.3) is 0 Å².